The SMILES string of the molecule is C=C=C([Si])Cc1ccc2c(c1)[n+](C)c(-c1c(C)ccc3c1oc1ccccc13)n2-c1c(C(C)C)cc(-c2ccc(-c3ccccc3)cc2)cc1C(C)C. The lowest BCUT2D eigenvalue weighted by atomic mass is 9.87. The summed E-state index contributed by atoms with van der Waals surface area (Å²) in [6, 6.07) is 44.1. The highest BCUT2D eigenvalue weighted by atomic mass is 28.1. The van der Waals surface area contributed by atoms with E-state index in [1.165, 1.54) is 50.2 Å². The van der Waals surface area contributed by atoms with Crippen molar-refractivity contribution in [3.8, 4) is 39.3 Å². The van der Waals surface area contributed by atoms with Gasteiger partial charge in [-0.15, -0.1) is 5.73 Å². The molecule has 0 saturated heterocycles. The number of benzene rings is 6. The molecule has 0 aliphatic heterocycles. The van der Waals surface area contributed by atoms with Crippen molar-refractivity contribution < 1.29 is 8.98 Å². The van der Waals surface area contributed by atoms with Gasteiger partial charge in [-0.05, 0) is 94.1 Å². The summed E-state index contributed by atoms with van der Waals surface area (Å²) in [5, 5.41) is 3.19. The van der Waals surface area contributed by atoms with Crippen molar-refractivity contribution in [2.45, 2.75) is 52.9 Å². The summed E-state index contributed by atoms with van der Waals surface area (Å²) in [6.45, 7) is 15.3. The van der Waals surface area contributed by atoms with E-state index in [-0.39, 0.29) is 11.8 Å². The molecule has 0 fully saturated rings. The molecule has 0 aliphatic carbocycles. The maximum absolute atomic E-state index is 6.77. The fourth-order valence-electron chi connectivity index (χ4n) is 7.92. The smallest absolute Gasteiger partial charge is 0.299 e. The van der Waals surface area contributed by atoms with Crippen LogP contribution in [0.3, 0.4) is 0 Å². The van der Waals surface area contributed by atoms with Crippen LogP contribution in [0.15, 0.2) is 143 Å². The van der Waals surface area contributed by atoms with Gasteiger partial charge in [-0.2, -0.15) is 4.57 Å². The van der Waals surface area contributed by atoms with Gasteiger partial charge in [-0.3, -0.25) is 0 Å². The van der Waals surface area contributed by atoms with Gasteiger partial charge >= 0.3 is 0 Å². The number of furan rings is 1. The zero-order valence-corrected chi connectivity index (χ0v) is 32.4. The van der Waals surface area contributed by atoms with Crippen molar-refractivity contribution in [3.63, 3.8) is 0 Å². The molecular weight excluding hydrogens is 661 g/mol. The van der Waals surface area contributed by atoms with E-state index >= 15 is 0 Å². The van der Waals surface area contributed by atoms with E-state index < -0.39 is 0 Å². The van der Waals surface area contributed by atoms with Gasteiger partial charge in [0.2, 0.25) is 0 Å². The summed E-state index contributed by atoms with van der Waals surface area (Å²) >= 11 is 0. The van der Waals surface area contributed by atoms with Crippen molar-refractivity contribution >= 4 is 43.2 Å². The maximum atomic E-state index is 6.77. The largest absolute Gasteiger partial charge is 0.455 e. The molecule has 0 N–H and O–H groups in total. The first-order chi connectivity index (χ1) is 25.6. The van der Waals surface area contributed by atoms with Crippen molar-refractivity contribution in [2.75, 3.05) is 0 Å². The topological polar surface area (TPSA) is 21.9 Å². The Morgan fingerprint density at radius 2 is 1.36 bits per heavy atom. The second-order valence-electron chi connectivity index (χ2n) is 14.9. The van der Waals surface area contributed by atoms with Gasteiger partial charge in [-0.25, -0.2) is 4.57 Å². The third-order valence-electron chi connectivity index (χ3n) is 10.7. The van der Waals surface area contributed by atoms with E-state index in [9.17, 15) is 0 Å². The molecule has 259 valence electrons. The van der Waals surface area contributed by atoms with Crippen LogP contribution in [0.1, 0.15) is 61.8 Å². The summed E-state index contributed by atoms with van der Waals surface area (Å²) in [7, 11) is 5.91. The molecule has 4 heteroatoms. The summed E-state index contributed by atoms with van der Waals surface area (Å²) in [6.07, 6.45) is 0.723. The van der Waals surface area contributed by atoms with Crippen molar-refractivity contribution in [1.82, 2.24) is 4.57 Å². The zero-order valence-electron chi connectivity index (χ0n) is 31.4. The average molecular weight is 705 g/mol. The lowest BCUT2D eigenvalue weighted by molar-refractivity contribution is -0.633. The number of rotatable bonds is 8. The molecule has 0 saturated carbocycles. The minimum atomic E-state index is 0.262. The van der Waals surface area contributed by atoms with Crippen LogP contribution in [0.5, 0.6) is 0 Å². The van der Waals surface area contributed by atoms with Gasteiger partial charge in [0.15, 0.2) is 16.6 Å². The molecule has 3 nitrogen and oxygen atoms in total. The van der Waals surface area contributed by atoms with E-state index in [0.717, 1.165) is 56.0 Å². The van der Waals surface area contributed by atoms with Crippen LogP contribution in [0.25, 0.3) is 72.3 Å². The average Bonchev–Trinajstić information content (AvgIpc) is 3.68. The Hall–Kier alpha value is -5.67. The first-order valence-corrected chi connectivity index (χ1v) is 19.0. The number of allylic oxidation sites excluding steroid dienone is 1. The number of aryl methyl sites for hydroxylation is 2. The summed E-state index contributed by atoms with van der Waals surface area (Å²) in [5.41, 5.74) is 19.4. The zero-order chi connectivity index (χ0) is 37.0. The van der Waals surface area contributed by atoms with Crippen LogP contribution in [-0.2, 0) is 13.5 Å². The Labute approximate surface area is 316 Å². The molecule has 0 spiro atoms. The molecule has 3 radical (unpaired) electrons. The lowest BCUT2D eigenvalue weighted by Gasteiger charge is -2.21. The summed E-state index contributed by atoms with van der Waals surface area (Å²) < 4.78 is 11.7. The monoisotopic (exact) mass is 704 g/mol. The number of imidazole rings is 1. The molecular formula is C49H44N2OSi+. The van der Waals surface area contributed by atoms with Gasteiger partial charge in [0.25, 0.3) is 5.82 Å². The third-order valence-corrected chi connectivity index (χ3v) is 11.1. The highest BCUT2D eigenvalue weighted by Gasteiger charge is 2.34. The Morgan fingerprint density at radius 1 is 0.736 bits per heavy atom. The number of fused-ring (bicyclic) bond motifs is 4. The van der Waals surface area contributed by atoms with Gasteiger partial charge in [0.1, 0.15) is 16.8 Å². The number of hydrogen-bond donors (Lipinski definition) is 0. The van der Waals surface area contributed by atoms with Crippen LogP contribution in [0.4, 0.5) is 0 Å². The number of nitrogens with zero attached hydrogens (tertiary/aromatic N) is 2. The van der Waals surface area contributed by atoms with Crippen LogP contribution in [0, 0.1) is 6.92 Å². The maximum Gasteiger partial charge on any atom is 0.299 e. The highest BCUT2D eigenvalue weighted by Crippen LogP contribution is 2.43. The minimum Gasteiger partial charge on any atom is -0.455 e. The molecule has 2 aromatic heterocycles. The second kappa shape index (κ2) is 13.7. The number of hydrogen-bond acceptors (Lipinski definition) is 1. The normalized spacial score (nSPS) is 11.7. The predicted octanol–water partition coefficient (Wildman–Crippen LogP) is 12.3. The van der Waals surface area contributed by atoms with E-state index in [1.807, 2.05) is 6.07 Å². The fourth-order valence-corrected chi connectivity index (χ4v) is 8.13. The first-order valence-electron chi connectivity index (χ1n) is 18.5. The Balaban J connectivity index is 1.44. The molecule has 53 heavy (non-hydrogen) atoms. The van der Waals surface area contributed by atoms with Crippen LogP contribution in [0.2, 0.25) is 0 Å². The fraction of sp³-hybridized carbons (Fsp3) is 0.184. The predicted molar refractivity (Wildman–Crippen MR) is 223 cm³/mol. The van der Waals surface area contributed by atoms with Gasteiger partial charge in [-0.1, -0.05) is 125 Å². The lowest BCUT2D eigenvalue weighted by Crippen LogP contribution is -2.31. The van der Waals surface area contributed by atoms with Gasteiger partial charge < -0.3 is 4.42 Å². The molecule has 6 aromatic carbocycles. The Bertz CT molecular complexity index is 2690. The number of para-hydroxylation sites is 1. The van der Waals surface area contributed by atoms with Crippen LogP contribution < -0.4 is 4.57 Å². The molecule has 0 unspecified atom stereocenters. The Kier molecular flexibility index (Phi) is 8.90. The quantitative estimate of drug-likeness (QED) is 0.0877. The molecule has 8 aromatic rings. The standard InChI is InChI=1S/C49H44N2OSi/c1-8-38(53)26-33-19-25-43-44(27-33)50(7)49(46-32(6)18-24-40-39-16-12-13-17-45(39)52-48(40)46)51(43)47-41(30(2)3)28-37(29-42(47)31(4)5)36-22-20-35(21-23-36)34-14-10-9-11-15-34/h9-25,27-31H,1,26H2,2-7H3/q+1. The molecule has 0 bridgehead atoms. The van der Waals surface area contributed by atoms with Crippen molar-refractivity contribution in [1.29, 1.82) is 0 Å². The molecule has 0 amide bonds. The van der Waals surface area contributed by atoms with Gasteiger partial charge in [0, 0.05) is 21.9 Å². The Morgan fingerprint density at radius 3 is 2.02 bits per heavy atom. The highest BCUT2D eigenvalue weighted by molar-refractivity contribution is 6.21. The van der Waals surface area contributed by atoms with Crippen LogP contribution >= 0.6 is 0 Å². The van der Waals surface area contributed by atoms with Crippen molar-refractivity contribution in [3.05, 3.63) is 161 Å². The molecule has 2 heterocycles. The van der Waals surface area contributed by atoms with E-state index in [0.29, 0.717) is 0 Å². The molecule has 0 aliphatic rings. The minimum absolute atomic E-state index is 0.262. The first kappa shape index (κ1) is 34.4. The third kappa shape index (κ3) is 5.98. The van der Waals surface area contributed by atoms with Crippen molar-refractivity contribution in [2.24, 2.45) is 7.05 Å². The van der Waals surface area contributed by atoms with Crippen LogP contribution in [-0.4, -0.2) is 14.8 Å². The van der Waals surface area contributed by atoms with E-state index in [2.05, 4.69) is 189 Å². The summed E-state index contributed by atoms with van der Waals surface area (Å²) in [4.78, 5) is 0. The van der Waals surface area contributed by atoms with E-state index in [4.69, 9.17) is 4.42 Å². The molecule has 8 rings (SSSR count). The van der Waals surface area contributed by atoms with Gasteiger partial charge in [0.05, 0.1) is 17.3 Å². The molecule has 0 atom stereocenters. The number of aromatic nitrogens is 2. The van der Waals surface area contributed by atoms with E-state index in [1.54, 1.807) is 0 Å². The summed E-state index contributed by atoms with van der Waals surface area (Å²) in [5.74, 6) is 1.62. The second-order valence-corrected chi connectivity index (χ2v) is 15.5.